The average Bonchev–Trinajstić information content (AvgIpc) is 3.10. The van der Waals surface area contributed by atoms with Gasteiger partial charge >= 0.3 is 5.97 Å². The molecule has 1 atom stereocenters. The zero-order chi connectivity index (χ0) is 23.7. The molecule has 1 N–H and O–H groups in total. The van der Waals surface area contributed by atoms with Crippen LogP contribution < -0.4 is 19.6 Å². The van der Waals surface area contributed by atoms with Crippen molar-refractivity contribution < 1.29 is 19.4 Å². The Morgan fingerprint density at radius 1 is 1.27 bits per heavy atom. The summed E-state index contributed by atoms with van der Waals surface area (Å²) in [5.74, 6) is 0.201. The van der Waals surface area contributed by atoms with Gasteiger partial charge in [-0.3, -0.25) is 9.36 Å². The fourth-order valence-electron chi connectivity index (χ4n) is 3.68. The first-order chi connectivity index (χ1) is 15.8. The molecule has 9 heteroatoms. The number of carbonyl (C=O) groups excluding carboxylic acids is 1. The molecule has 0 saturated carbocycles. The van der Waals surface area contributed by atoms with Crippen molar-refractivity contribution in [1.82, 2.24) is 4.57 Å². The Morgan fingerprint density at radius 2 is 2.00 bits per heavy atom. The topological polar surface area (TPSA) is 90.1 Å². The predicted molar refractivity (Wildman–Crippen MR) is 129 cm³/mol. The van der Waals surface area contributed by atoms with Crippen LogP contribution in [0.15, 0.2) is 68.0 Å². The van der Waals surface area contributed by atoms with Crippen LogP contribution in [0.5, 0.6) is 11.5 Å². The van der Waals surface area contributed by atoms with Crippen molar-refractivity contribution in [3.8, 4) is 11.5 Å². The number of phenols is 1. The van der Waals surface area contributed by atoms with Crippen molar-refractivity contribution in [1.29, 1.82) is 0 Å². The maximum Gasteiger partial charge on any atom is 0.338 e. The molecule has 0 amide bonds. The minimum atomic E-state index is -0.704. The van der Waals surface area contributed by atoms with Crippen LogP contribution in [-0.2, 0) is 9.53 Å². The van der Waals surface area contributed by atoms with Crippen molar-refractivity contribution in [2.45, 2.75) is 19.9 Å². The van der Waals surface area contributed by atoms with Crippen molar-refractivity contribution in [3.05, 3.63) is 89.0 Å². The maximum atomic E-state index is 13.5. The highest BCUT2D eigenvalue weighted by Gasteiger charge is 2.33. The fourth-order valence-corrected chi connectivity index (χ4v) is 5.09. The number of phenolic OH excluding ortho intramolecular Hbond substituents is 1. The third-order valence-corrected chi connectivity index (χ3v) is 6.70. The van der Waals surface area contributed by atoms with E-state index in [1.807, 2.05) is 12.1 Å². The summed E-state index contributed by atoms with van der Waals surface area (Å²) >= 11 is 4.58. The van der Waals surface area contributed by atoms with E-state index in [4.69, 9.17) is 9.47 Å². The van der Waals surface area contributed by atoms with Crippen LogP contribution in [0.1, 0.15) is 31.0 Å². The van der Waals surface area contributed by atoms with E-state index in [1.54, 1.807) is 57.4 Å². The quantitative estimate of drug-likeness (QED) is 0.513. The molecule has 0 saturated heterocycles. The number of aromatic hydroxyl groups is 1. The highest BCUT2D eigenvalue weighted by Crippen LogP contribution is 2.31. The number of hydrogen-bond donors (Lipinski definition) is 1. The molecule has 3 aromatic rings. The van der Waals surface area contributed by atoms with Crippen molar-refractivity contribution in [3.63, 3.8) is 0 Å². The second-order valence-electron chi connectivity index (χ2n) is 7.28. The molecule has 170 valence electrons. The SMILES string of the molecule is CCOC(=O)C1=C(C)N=c2s/c(=C/c3cc(Br)ccc3O)c(=O)n2[C@H]1c1ccc(OC)cc1. The molecule has 4 rings (SSSR count). The number of ether oxygens (including phenoxy) is 2. The van der Waals surface area contributed by atoms with Crippen LogP contribution in [0.2, 0.25) is 0 Å². The number of nitrogens with zero attached hydrogens (tertiary/aromatic N) is 2. The third kappa shape index (κ3) is 4.38. The van der Waals surface area contributed by atoms with Gasteiger partial charge in [0.05, 0.1) is 35.6 Å². The smallest absolute Gasteiger partial charge is 0.338 e. The zero-order valence-corrected chi connectivity index (χ0v) is 20.6. The Hall–Kier alpha value is -3.17. The van der Waals surface area contributed by atoms with E-state index in [1.165, 1.54) is 15.9 Å². The molecule has 7 nitrogen and oxygen atoms in total. The normalized spacial score (nSPS) is 15.8. The van der Waals surface area contributed by atoms with E-state index in [9.17, 15) is 14.7 Å². The number of benzene rings is 2. The zero-order valence-electron chi connectivity index (χ0n) is 18.2. The summed E-state index contributed by atoms with van der Waals surface area (Å²) in [6.45, 7) is 3.67. The van der Waals surface area contributed by atoms with Crippen LogP contribution in [0.3, 0.4) is 0 Å². The van der Waals surface area contributed by atoms with Gasteiger partial charge in [0.25, 0.3) is 5.56 Å². The molecule has 0 spiro atoms. The largest absolute Gasteiger partial charge is 0.507 e. The lowest BCUT2D eigenvalue weighted by molar-refractivity contribution is -0.139. The lowest BCUT2D eigenvalue weighted by atomic mass is 9.96. The Labute approximate surface area is 202 Å². The number of allylic oxidation sites excluding steroid dienone is 1. The maximum absolute atomic E-state index is 13.5. The molecule has 0 unspecified atom stereocenters. The first-order valence-corrected chi connectivity index (χ1v) is 11.8. The average molecular weight is 529 g/mol. The summed E-state index contributed by atoms with van der Waals surface area (Å²) in [6.07, 6.45) is 1.62. The van der Waals surface area contributed by atoms with Crippen molar-refractivity contribution >= 4 is 39.3 Å². The second-order valence-corrected chi connectivity index (χ2v) is 9.20. The van der Waals surface area contributed by atoms with E-state index in [-0.39, 0.29) is 17.9 Å². The van der Waals surface area contributed by atoms with Gasteiger partial charge in [-0.05, 0) is 55.8 Å². The predicted octanol–water partition coefficient (Wildman–Crippen LogP) is 3.28. The Bertz CT molecular complexity index is 1440. The van der Waals surface area contributed by atoms with E-state index in [2.05, 4.69) is 20.9 Å². The highest BCUT2D eigenvalue weighted by molar-refractivity contribution is 9.10. The van der Waals surface area contributed by atoms with Gasteiger partial charge in [0.2, 0.25) is 0 Å². The lowest BCUT2D eigenvalue weighted by Gasteiger charge is -2.24. The van der Waals surface area contributed by atoms with Crippen LogP contribution in [0.4, 0.5) is 0 Å². The number of aromatic nitrogens is 1. The number of hydrogen-bond acceptors (Lipinski definition) is 7. The Kier molecular flexibility index (Phi) is 6.53. The molecule has 2 aromatic carbocycles. The summed E-state index contributed by atoms with van der Waals surface area (Å²) in [4.78, 5) is 31.4. The molecule has 2 heterocycles. The van der Waals surface area contributed by atoms with Crippen LogP contribution in [0.25, 0.3) is 6.08 Å². The van der Waals surface area contributed by atoms with E-state index in [0.29, 0.717) is 31.9 Å². The standard InChI is InChI=1S/C24H21BrN2O5S/c1-4-32-23(30)20-13(2)26-24-27(21(20)14-5-8-17(31-3)9-6-14)22(29)19(33-24)12-15-11-16(25)7-10-18(15)28/h5-12,21,28H,4H2,1-3H3/b19-12+/t21-/m0/s1. The highest BCUT2D eigenvalue weighted by atomic mass is 79.9. The molecule has 1 aromatic heterocycles. The van der Waals surface area contributed by atoms with Gasteiger partial charge in [-0.15, -0.1) is 0 Å². The number of thiazole rings is 1. The molecule has 0 fully saturated rings. The number of rotatable bonds is 5. The van der Waals surface area contributed by atoms with Crippen LogP contribution in [-0.4, -0.2) is 29.4 Å². The van der Waals surface area contributed by atoms with Gasteiger partial charge < -0.3 is 14.6 Å². The summed E-state index contributed by atoms with van der Waals surface area (Å²) in [7, 11) is 1.57. The number of fused-ring (bicyclic) bond motifs is 1. The minimum Gasteiger partial charge on any atom is -0.507 e. The molecule has 0 aliphatic carbocycles. The first kappa shape index (κ1) is 23.0. The summed E-state index contributed by atoms with van der Waals surface area (Å²) < 4.78 is 13.2. The van der Waals surface area contributed by atoms with E-state index >= 15 is 0 Å². The minimum absolute atomic E-state index is 0.0548. The van der Waals surface area contributed by atoms with Crippen LogP contribution >= 0.6 is 27.3 Å². The van der Waals surface area contributed by atoms with Gasteiger partial charge in [0, 0.05) is 10.0 Å². The second kappa shape index (κ2) is 9.36. The summed E-state index contributed by atoms with van der Waals surface area (Å²) in [6, 6.07) is 11.5. The van der Waals surface area contributed by atoms with Crippen molar-refractivity contribution in [2.75, 3.05) is 13.7 Å². The third-order valence-electron chi connectivity index (χ3n) is 5.22. The Morgan fingerprint density at radius 3 is 2.67 bits per heavy atom. The van der Waals surface area contributed by atoms with Gasteiger partial charge in [0.15, 0.2) is 4.80 Å². The molecule has 1 aliphatic rings. The fraction of sp³-hybridized carbons (Fsp3) is 0.208. The first-order valence-electron chi connectivity index (χ1n) is 10.2. The number of carbonyl (C=O) groups is 1. The monoisotopic (exact) mass is 528 g/mol. The molecular weight excluding hydrogens is 508 g/mol. The Balaban J connectivity index is 1.96. The number of esters is 1. The van der Waals surface area contributed by atoms with Crippen LogP contribution in [0, 0.1) is 0 Å². The van der Waals surface area contributed by atoms with E-state index in [0.717, 1.165) is 10.0 Å². The van der Waals surface area contributed by atoms with Gasteiger partial charge in [-0.25, -0.2) is 9.79 Å². The molecule has 1 aliphatic heterocycles. The summed E-state index contributed by atoms with van der Waals surface area (Å²) in [5, 5.41) is 10.2. The van der Waals surface area contributed by atoms with Gasteiger partial charge in [-0.2, -0.15) is 0 Å². The van der Waals surface area contributed by atoms with Crippen molar-refractivity contribution in [2.24, 2.45) is 4.99 Å². The number of halogens is 1. The number of methoxy groups -OCH3 is 1. The lowest BCUT2D eigenvalue weighted by Crippen LogP contribution is -2.39. The van der Waals surface area contributed by atoms with E-state index < -0.39 is 12.0 Å². The van der Waals surface area contributed by atoms with Gasteiger partial charge in [-0.1, -0.05) is 39.4 Å². The summed E-state index contributed by atoms with van der Waals surface area (Å²) in [5.41, 5.74) is 1.72. The molecule has 0 radical (unpaired) electrons. The van der Waals surface area contributed by atoms with Gasteiger partial charge in [0.1, 0.15) is 11.5 Å². The molecular formula is C24H21BrN2O5S. The molecule has 33 heavy (non-hydrogen) atoms. The molecule has 0 bridgehead atoms.